The number of benzene rings is 1. The predicted octanol–water partition coefficient (Wildman–Crippen LogP) is 5.70. The number of anilines is 1. The molecule has 6 nitrogen and oxygen atoms in total. The quantitative estimate of drug-likeness (QED) is 0.456. The lowest BCUT2D eigenvalue weighted by atomic mass is 9.85. The zero-order valence-corrected chi connectivity index (χ0v) is 20.9. The maximum absolute atomic E-state index is 14.5. The van der Waals surface area contributed by atoms with Crippen LogP contribution >= 0.6 is 0 Å². The van der Waals surface area contributed by atoms with Crippen LogP contribution in [0.5, 0.6) is 0 Å². The van der Waals surface area contributed by atoms with E-state index in [0.29, 0.717) is 11.3 Å². The Balaban J connectivity index is 1.84. The van der Waals surface area contributed by atoms with Crippen molar-refractivity contribution in [3.05, 3.63) is 41.5 Å². The van der Waals surface area contributed by atoms with Crippen LogP contribution < -0.4 is 5.73 Å². The van der Waals surface area contributed by atoms with Gasteiger partial charge < -0.3 is 14.9 Å². The molecule has 32 heavy (non-hydrogen) atoms. The van der Waals surface area contributed by atoms with E-state index >= 15 is 0 Å². The van der Waals surface area contributed by atoms with Crippen LogP contribution in [-0.4, -0.2) is 37.5 Å². The molecule has 0 aliphatic heterocycles. The Morgan fingerprint density at radius 3 is 2.59 bits per heavy atom. The van der Waals surface area contributed by atoms with Crippen molar-refractivity contribution in [1.29, 1.82) is 0 Å². The van der Waals surface area contributed by atoms with Gasteiger partial charge in [-0.15, -0.1) is 0 Å². The molecule has 1 saturated carbocycles. The molecule has 3 rings (SSSR count). The molecule has 0 spiro atoms. The van der Waals surface area contributed by atoms with Crippen molar-refractivity contribution in [3.8, 4) is 11.3 Å². The zero-order chi connectivity index (χ0) is 23.7. The predicted molar refractivity (Wildman–Crippen MR) is 126 cm³/mol. The number of nitrogens with two attached hydrogens (primary N) is 1. The van der Waals surface area contributed by atoms with Crippen LogP contribution in [0.25, 0.3) is 11.3 Å². The first kappa shape index (κ1) is 24.3. The van der Waals surface area contributed by atoms with E-state index in [9.17, 15) is 9.18 Å². The second-order valence-corrected chi connectivity index (χ2v) is 14.8. The minimum Gasteiger partial charge on any atom is -0.465 e. The minimum absolute atomic E-state index is 0.128. The molecule has 2 N–H and O–H groups in total. The van der Waals surface area contributed by atoms with Gasteiger partial charge in [0.05, 0.1) is 24.6 Å². The van der Waals surface area contributed by atoms with Gasteiger partial charge in [0.1, 0.15) is 17.3 Å². The number of methoxy groups -OCH3 is 1. The van der Waals surface area contributed by atoms with Gasteiger partial charge in [0.2, 0.25) is 0 Å². The third-order valence-corrected chi connectivity index (χ3v) is 11.3. The summed E-state index contributed by atoms with van der Waals surface area (Å²) in [5.41, 5.74) is 7.69. The molecule has 0 radical (unpaired) electrons. The summed E-state index contributed by atoms with van der Waals surface area (Å²) in [5.74, 6) is -0.966. The number of nitrogen functional groups attached to an aromatic ring is 1. The first-order valence-electron chi connectivity index (χ1n) is 11.1. The first-order valence-corrected chi connectivity index (χ1v) is 14.0. The summed E-state index contributed by atoms with van der Waals surface area (Å²) >= 11 is 0. The summed E-state index contributed by atoms with van der Waals surface area (Å²) in [4.78, 5) is 20.8. The molecule has 1 aliphatic carbocycles. The average Bonchev–Trinajstić information content (AvgIpc) is 2.72. The summed E-state index contributed by atoms with van der Waals surface area (Å²) in [6, 6.07) is 4.25. The van der Waals surface area contributed by atoms with Crippen molar-refractivity contribution in [1.82, 2.24) is 9.97 Å². The van der Waals surface area contributed by atoms with E-state index in [-0.39, 0.29) is 28.4 Å². The number of nitrogens with zero attached hydrogens (tertiary/aromatic N) is 2. The van der Waals surface area contributed by atoms with Crippen LogP contribution in [-0.2, 0) is 9.16 Å². The average molecular weight is 460 g/mol. The van der Waals surface area contributed by atoms with Crippen molar-refractivity contribution in [3.63, 3.8) is 0 Å². The molecule has 1 fully saturated rings. The van der Waals surface area contributed by atoms with Gasteiger partial charge in [0.25, 0.3) is 0 Å². The Morgan fingerprint density at radius 2 is 1.97 bits per heavy atom. The zero-order valence-electron chi connectivity index (χ0n) is 19.9. The maximum Gasteiger partial charge on any atom is 0.340 e. The Bertz CT molecular complexity index is 991. The third-order valence-electron chi connectivity index (χ3n) is 6.78. The summed E-state index contributed by atoms with van der Waals surface area (Å²) in [7, 11) is -0.638. The molecule has 1 aromatic carbocycles. The molecule has 2 unspecified atom stereocenters. The molecule has 0 bridgehead atoms. The topological polar surface area (TPSA) is 87.3 Å². The molecular weight excluding hydrogens is 425 g/mol. The number of halogens is 1. The monoisotopic (exact) mass is 459 g/mol. The van der Waals surface area contributed by atoms with Gasteiger partial charge in [0.15, 0.2) is 8.32 Å². The van der Waals surface area contributed by atoms with Gasteiger partial charge in [0, 0.05) is 17.6 Å². The number of aromatic nitrogens is 2. The van der Waals surface area contributed by atoms with Crippen LogP contribution in [0.4, 0.5) is 10.2 Å². The minimum atomic E-state index is -1.86. The highest BCUT2D eigenvalue weighted by molar-refractivity contribution is 6.74. The van der Waals surface area contributed by atoms with E-state index in [1.54, 1.807) is 12.3 Å². The molecular formula is C24H34FN3O3Si. The summed E-state index contributed by atoms with van der Waals surface area (Å²) in [6.45, 7) is 11.3. The fourth-order valence-electron chi connectivity index (χ4n) is 3.87. The smallest absolute Gasteiger partial charge is 0.340 e. The molecule has 2 aromatic rings. The van der Waals surface area contributed by atoms with E-state index in [2.05, 4.69) is 43.6 Å². The fraction of sp³-hybridized carbons (Fsp3) is 0.542. The lowest BCUT2D eigenvalue weighted by molar-refractivity contribution is 0.0595. The summed E-state index contributed by atoms with van der Waals surface area (Å²) in [6.07, 6.45) is 5.93. The molecule has 174 valence electrons. The summed E-state index contributed by atoms with van der Waals surface area (Å²) in [5, 5.41) is 0.161. The van der Waals surface area contributed by atoms with Gasteiger partial charge in [-0.2, -0.15) is 0 Å². The number of ether oxygens (including phenoxy) is 1. The molecule has 8 heteroatoms. The lowest BCUT2D eigenvalue weighted by Crippen LogP contribution is -2.44. The SMILES string of the molecule is COC(=O)c1ccc(-c2nc(C3CCCC(O[Si](C)(C)C(C)(C)C)C3)cnc2N)cc1F. The number of rotatable bonds is 5. The normalized spacial score (nSPS) is 19.6. The molecule has 0 saturated heterocycles. The number of hydrogen-bond acceptors (Lipinski definition) is 6. The maximum atomic E-state index is 14.5. The van der Waals surface area contributed by atoms with Gasteiger partial charge in [-0.3, -0.25) is 0 Å². The molecule has 1 heterocycles. The Labute approximate surface area is 190 Å². The van der Waals surface area contributed by atoms with Gasteiger partial charge in [-0.25, -0.2) is 19.2 Å². The number of carbonyl (C=O) groups excluding carboxylic acids is 1. The fourth-order valence-corrected chi connectivity index (χ4v) is 5.27. The van der Waals surface area contributed by atoms with Gasteiger partial charge in [-0.1, -0.05) is 33.3 Å². The molecule has 2 atom stereocenters. The van der Waals surface area contributed by atoms with Crippen molar-refractivity contribution in [2.24, 2.45) is 0 Å². The number of hydrogen-bond donors (Lipinski definition) is 1. The van der Waals surface area contributed by atoms with E-state index < -0.39 is 20.1 Å². The largest absolute Gasteiger partial charge is 0.465 e. The van der Waals surface area contributed by atoms with E-state index in [1.807, 2.05) is 0 Å². The van der Waals surface area contributed by atoms with Crippen LogP contribution in [0.3, 0.4) is 0 Å². The molecule has 1 aliphatic rings. The first-order chi connectivity index (χ1) is 14.9. The Hall–Kier alpha value is -2.32. The van der Waals surface area contributed by atoms with Crippen LogP contribution in [0.1, 0.15) is 68.4 Å². The van der Waals surface area contributed by atoms with Gasteiger partial charge in [-0.05, 0) is 49.5 Å². The Kier molecular flexibility index (Phi) is 7.05. The van der Waals surface area contributed by atoms with E-state index in [1.165, 1.54) is 19.2 Å². The summed E-state index contributed by atoms with van der Waals surface area (Å²) < 4.78 is 25.7. The Morgan fingerprint density at radius 1 is 1.25 bits per heavy atom. The van der Waals surface area contributed by atoms with Crippen LogP contribution in [0.15, 0.2) is 24.4 Å². The highest BCUT2D eigenvalue weighted by Crippen LogP contribution is 2.41. The third kappa shape index (κ3) is 5.18. The van der Waals surface area contributed by atoms with Crippen molar-refractivity contribution >= 4 is 20.1 Å². The highest BCUT2D eigenvalue weighted by Gasteiger charge is 2.40. The lowest BCUT2D eigenvalue weighted by Gasteiger charge is -2.41. The van der Waals surface area contributed by atoms with Crippen molar-refractivity contribution in [2.45, 2.75) is 76.6 Å². The highest BCUT2D eigenvalue weighted by atomic mass is 28.4. The van der Waals surface area contributed by atoms with Gasteiger partial charge >= 0.3 is 5.97 Å². The standard InChI is InChI=1S/C24H34FN3O3Si/c1-24(2,3)32(5,6)31-17-9-7-8-15(12-17)20-14-27-22(26)21(28-20)16-10-11-18(19(25)13-16)23(29)30-4/h10-11,13-15,17H,7-9,12H2,1-6H3,(H2,26,27). The second kappa shape index (κ2) is 9.27. The van der Waals surface area contributed by atoms with Crippen LogP contribution in [0.2, 0.25) is 18.1 Å². The van der Waals surface area contributed by atoms with Crippen molar-refractivity contribution < 1.29 is 18.3 Å². The molecule has 1 aromatic heterocycles. The van der Waals surface area contributed by atoms with Crippen molar-refractivity contribution in [2.75, 3.05) is 12.8 Å². The number of carbonyl (C=O) groups is 1. The van der Waals surface area contributed by atoms with Crippen LogP contribution in [0, 0.1) is 5.82 Å². The van der Waals surface area contributed by atoms with E-state index in [0.717, 1.165) is 31.4 Å². The van der Waals surface area contributed by atoms with E-state index in [4.69, 9.17) is 15.1 Å². The second-order valence-electron chi connectivity index (χ2n) is 10.1. The molecule has 0 amide bonds. The number of esters is 1.